The molecule has 1 aromatic rings. The van der Waals surface area contributed by atoms with E-state index in [9.17, 15) is 13.6 Å². The highest BCUT2D eigenvalue weighted by atomic mass is 19.1. The van der Waals surface area contributed by atoms with E-state index in [1.807, 2.05) is 4.90 Å². The van der Waals surface area contributed by atoms with Crippen molar-refractivity contribution in [3.05, 3.63) is 35.4 Å². The fourth-order valence-electron chi connectivity index (χ4n) is 3.43. The number of amides is 1. The molecule has 3 nitrogen and oxygen atoms in total. The molecular weight excluding hydrogens is 262 g/mol. The zero-order valence-corrected chi connectivity index (χ0v) is 11.4. The van der Waals surface area contributed by atoms with Gasteiger partial charge in [-0.15, -0.1) is 0 Å². The van der Waals surface area contributed by atoms with Gasteiger partial charge in [-0.05, 0) is 30.4 Å². The highest BCUT2D eigenvalue weighted by Crippen LogP contribution is 2.32. The third-order valence-corrected chi connectivity index (χ3v) is 4.61. The number of carbonyl (C=O) groups is 1. The zero-order chi connectivity index (χ0) is 14.3. The molecule has 0 radical (unpaired) electrons. The summed E-state index contributed by atoms with van der Waals surface area (Å²) in [6, 6.07) is 3.56. The summed E-state index contributed by atoms with van der Waals surface area (Å²) in [4.78, 5) is 14.2. The Kier molecular flexibility index (Phi) is 3.46. The third kappa shape index (κ3) is 2.30. The van der Waals surface area contributed by atoms with Crippen LogP contribution < -0.4 is 5.32 Å². The number of rotatable bonds is 2. The number of fused-ring (bicyclic) bond motifs is 1. The molecule has 1 aromatic carbocycles. The summed E-state index contributed by atoms with van der Waals surface area (Å²) in [5, 5.41) is 3.34. The molecular formula is C15H18F2N2O. The first-order valence-electron chi connectivity index (χ1n) is 7.00. The van der Waals surface area contributed by atoms with E-state index in [1.165, 1.54) is 12.1 Å². The van der Waals surface area contributed by atoms with Gasteiger partial charge in [-0.3, -0.25) is 4.79 Å². The van der Waals surface area contributed by atoms with E-state index in [1.54, 1.807) is 0 Å². The van der Waals surface area contributed by atoms with Crippen molar-refractivity contribution in [3.63, 3.8) is 0 Å². The van der Waals surface area contributed by atoms with Crippen molar-refractivity contribution in [2.24, 2.45) is 11.8 Å². The molecule has 0 aromatic heterocycles. The highest BCUT2D eigenvalue weighted by molar-refractivity contribution is 5.79. The monoisotopic (exact) mass is 280 g/mol. The fourth-order valence-corrected chi connectivity index (χ4v) is 3.43. The van der Waals surface area contributed by atoms with Gasteiger partial charge in [-0.1, -0.05) is 6.07 Å². The average molecular weight is 280 g/mol. The van der Waals surface area contributed by atoms with Crippen molar-refractivity contribution in [1.29, 1.82) is 0 Å². The van der Waals surface area contributed by atoms with Crippen LogP contribution in [0.1, 0.15) is 12.5 Å². The summed E-state index contributed by atoms with van der Waals surface area (Å²) in [5.41, 5.74) is 0.263. The highest BCUT2D eigenvalue weighted by Gasteiger charge is 2.43. The molecule has 0 aliphatic carbocycles. The maximum atomic E-state index is 13.6. The van der Waals surface area contributed by atoms with E-state index in [0.717, 1.165) is 25.7 Å². The summed E-state index contributed by atoms with van der Waals surface area (Å²) >= 11 is 0. The Balaban J connectivity index is 1.70. The van der Waals surface area contributed by atoms with E-state index in [0.29, 0.717) is 11.8 Å². The first-order valence-corrected chi connectivity index (χ1v) is 7.00. The zero-order valence-electron chi connectivity index (χ0n) is 11.4. The molecule has 2 saturated heterocycles. The van der Waals surface area contributed by atoms with E-state index in [-0.39, 0.29) is 23.9 Å². The summed E-state index contributed by atoms with van der Waals surface area (Å²) in [5.74, 6) is -0.331. The van der Waals surface area contributed by atoms with Gasteiger partial charge >= 0.3 is 0 Å². The summed E-state index contributed by atoms with van der Waals surface area (Å²) < 4.78 is 26.5. The van der Waals surface area contributed by atoms with Gasteiger partial charge in [-0.2, -0.15) is 0 Å². The molecule has 2 aliphatic rings. The summed E-state index contributed by atoms with van der Waals surface area (Å²) in [6.07, 6.45) is 0.00330. The van der Waals surface area contributed by atoms with Crippen molar-refractivity contribution in [2.45, 2.75) is 19.4 Å². The number of hydrogen-bond donors (Lipinski definition) is 1. The Bertz CT molecular complexity index is 535. The SMILES string of the molecule is CC1C2CNCC2CN1C(=O)Cc1ccc(F)cc1F. The van der Waals surface area contributed by atoms with Crippen molar-refractivity contribution < 1.29 is 13.6 Å². The second kappa shape index (κ2) is 5.13. The molecule has 0 bridgehead atoms. The molecule has 0 saturated carbocycles. The number of benzene rings is 1. The third-order valence-electron chi connectivity index (χ3n) is 4.61. The van der Waals surface area contributed by atoms with Crippen LogP contribution in [0.3, 0.4) is 0 Å². The van der Waals surface area contributed by atoms with Gasteiger partial charge in [0.2, 0.25) is 5.91 Å². The summed E-state index contributed by atoms with van der Waals surface area (Å²) in [6.45, 7) is 4.68. The van der Waals surface area contributed by atoms with Crippen LogP contribution in [-0.4, -0.2) is 36.5 Å². The lowest BCUT2D eigenvalue weighted by Crippen LogP contribution is -2.39. The van der Waals surface area contributed by atoms with Crippen LogP contribution in [0.15, 0.2) is 18.2 Å². The predicted octanol–water partition coefficient (Wildman–Crippen LogP) is 1.57. The van der Waals surface area contributed by atoms with E-state index in [2.05, 4.69) is 12.2 Å². The minimum Gasteiger partial charge on any atom is -0.339 e. The van der Waals surface area contributed by atoms with Gasteiger partial charge < -0.3 is 10.2 Å². The molecule has 3 rings (SSSR count). The van der Waals surface area contributed by atoms with Crippen molar-refractivity contribution >= 4 is 5.91 Å². The van der Waals surface area contributed by atoms with E-state index in [4.69, 9.17) is 0 Å². The molecule has 3 atom stereocenters. The molecule has 2 fully saturated rings. The smallest absolute Gasteiger partial charge is 0.227 e. The molecule has 0 spiro atoms. The first kappa shape index (κ1) is 13.5. The fraction of sp³-hybridized carbons (Fsp3) is 0.533. The number of nitrogens with zero attached hydrogens (tertiary/aromatic N) is 1. The first-order chi connectivity index (χ1) is 9.56. The van der Waals surface area contributed by atoms with Gasteiger partial charge in [-0.25, -0.2) is 8.78 Å². The van der Waals surface area contributed by atoms with Gasteiger partial charge in [0.05, 0.1) is 6.42 Å². The van der Waals surface area contributed by atoms with E-state index < -0.39 is 11.6 Å². The Morgan fingerprint density at radius 3 is 2.90 bits per heavy atom. The Morgan fingerprint density at radius 1 is 1.40 bits per heavy atom. The van der Waals surface area contributed by atoms with Crippen LogP contribution in [0.2, 0.25) is 0 Å². The number of hydrogen-bond acceptors (Lipinski definition) is 2. The van der Waals surface area contributed by atoms with Crippen LogP contribution in [0.4, 0.5) is 8.78 Å². The second-order valence-electron chi connectivity index (χ2n) is 5.78. The molecule has 20 heavy (non-hydrogen) atoms. The number of halogens is 2. The minimum atomic E-state index is -0.646. The molecule has 5 heteroatoms. The maximum Gasteiger partial charge on any atom is 0.227 e. The second-order valence-corrected chi connectivity index (χ2v) is 5.78. The van der Waals surface area contributed by atoms with Gasteiger partial charge in [0.15, 0.2) is 0 Å². The standard InChI is InChI=1S/C15H18F2N2O/c1-9-13-7-18-6-11(13)8-19(9)15(20)4-10-2-3-12(16)5-14(10)17/h2-3,5,9,11,13,18H,4,6-8H2,1H3. The molecule has 2 heterocycles. The summed E-state index contributed by atoms with van der Waals surface area (Å²) in [7, 11) is 0. The molecule has 1 N–H and O–H groups in total. The van der Waals surface area contributed by atoms with Crippen LogP contribution >= 0.6 is 0 Å². The molecule has 108 valence electrons. The van der Waals surface area contributed by atoms with Crippen LogP contribution in [0.5, 0.6) is 0 Å². The lowest BCUT2D eigenvalue weighted by Gasteiger charge is -2.24. The lowest BCUT2D eigenvalue weighted by molar-refractivity contribution is -0.131. The lowest BCUT2D eigenvalue weighted by atomic mass is 9.95. The van der Waals surface area contributed by atoms with Crippen molar-refractivity contribution in [2.75, 3.05) is 19.6 Å². The van der Waals surface area contributed by atoms with Crippen molar-refractivity contribution in [3.8, 4) is 0 Å². The average Bonchev–Trinajstić information content (AvgIpc) is 2.96. The Morgan fingerprint density at radius 2 is 2.20 bits per heavy atom. The maximum absolute atomic E-state index is 13.6. The van der Waals surface area contributed by atoms with Gasteiger partial charge in [0.1, 0.15) is 11.6 Å². The topological polar surface area (TPSA) is 32.3 Å². The number of nitrogens with one attached hydrogen (secondary N) is 1. The normalized spacial score (nSPS) is 28.8. The quantitative estimate of drug-likeness (QED) is 0.892. The van der Waals surface area contributed by atoms with E-state index >= 15 is 0 Å². The Hall–Kier alpha value is -1.49. The van der Waals surface area contributed by atoms with Crippen LogP contribution in [0.25, 0.3) is 0 Å². The van der Waals surface area contributed by atoms with Crippen LogP contribution in [0, 0.1) is 23.5 Å². The number of carbonyl (C=O) groups excluding carboxylic acids is 1. The largest absolute Gasteiger partial charge is 0.339 e. The van der Waals surface area contributed by atoms with Crippen LogP contribution in [-0.2, 0) is 11.2 Å². The Labute approximate surface area is 117 Å². The van der Waals surface area contributed by atoms with Gasteiger partial charge in [0.25, 0.3) is 0 Å². The molecule has 2 aliphatic heterocycles. The molecule has 3 unspecified atom stereocenters. The predicted molar refractivity (Wildman–Crippen MR) is 71.1 cm³/mol. The van der Waals surface area contributed by atoms with Crippen molar-refractivity contribution in [1.82, 2.24) is 10.2 Å². The number of likely N-dealkylation sites (tertiary alicyclic amines) is 1. The molecule has 1 amide bonds. The minimum absolute atomic E-state index is 0.00330. The van der Waals surface area contributed by atoms with Gasteiger partial charge in [0, 0.05) is 31.7 Å².